The molecule has 0 fully saturated rings. The molecule has 2 aromatic heterocycles. The summed E-state index contributed by atoms with van der Waals surface area (Å²) in [4.78, 5) is 20.7. The van der Waals surface area contributed by atoms with Gasteiger partial charge in [0.1, 0.15) is 0 Å². The second kappa shape index (κ2) is 2.32. The van der Waals surface area contributed by atoms with Crippen molar-refractivity contribution in [3.63, 3.8) is 0 Å². The van der Waals surface area contributed by atoms with E-state index in [-0.39, 0.29) is 11.5 Å². The Kier molecular flexibility index (Phi) is 1.39. The van der Waals surface area contributed by atoms with Gasteiger partial charge in [-0.25, -0.2) is 4.57 Å². The summed E-state index contributed by atoms with van der Waals surface area (Å²) < 4.78 is 1.78. The Bertz CT molecular complexity index is 523. The molecule has 0 aliphatic rings. The highest BCUT2D eigenvalue weighted by atomic mass is 16.1. The molecule has 6 heteroatoms. The fraction of sp³-hybridized carbons (Fsp3) is 0.286. The number of imidazole rings is 1. The van der Waals surface area contributed by atoms with Crippen molar-refractivity contribution in [1.29, 1.82) is 0 Å². The smallest absolute Gasteiger partial charge is 0.311 e. The Hall–Kier alpha value is -1.85. The number of H-pyrrole nitrogens is 2. The zero-order valence-corrected chi connectivity index (χ0v) is 7.38. The number of hydrogen-bond acceptors (Lipinski definition) is 3. The Morgan fingerprint density at radius 2 is 2.15 bits per heavy atom. The van der Waals surface area contributed by atoms with E-state index in [0.717, 1.165) is 5.82 Å². The minimum absolute atomic E-state index is 0.132. The third-order valence-electron chi connectivity index (χ3n) is 2.05. The number of anilines is 1. The quantitative estimate of drug-likeness (QED) is 0.452. The minimum atomic E-state index is -0.244. The third-order valence-corrected chi connectivity index (χ3v) is 2.05. The lowest BCUT2D eigenvalue weighted by atomic mass is 10.5. The van der Waals surface area contributed by atoms with Gasteiger partial charge in [0.05, 0.1) is 7.05 Å². The molecule has 0 saturated heterocycles. The molecule has 0 aliphatic heterocycles. The van der Waals surface area contributed by atoms with Gasteiger partial charge in [-0.3, -0.25) is 14.8 Å². The normalized spacial score (nSPS) is 10.9. The molecule has 0 bridgehead atoms. The Morgan fingerprint density at radius 3 is 2.85 bits per heavy atom. The number of aromatic nitrogens is 4. The van der Waals surface area contributed by atoms with Crippen LogP contribution in [0, 0.1) is 6.92 Å². The van der Waals surface area contributed by atoms with Crippen LogP contribution in [-0.2, 0) is 7.05 Å². The summed E-state index contributed by atoms with van der Waals surface area (Å²) in [7, 11) is 1.82. The van der Waals surface area contributed by atoms with Crippen LogP contribution in [0.3, 0.4) is 0 Å². The van der Waals surface area contributed by atoms with E-state index >= 15 is 0 Å². The topological polar surface area (TPSA) is 91.4 Å². The summed E-state index contributed by atoms with van der Waals surface area (Å²) in [5.74, 6) is 0.991. The number of nitrogen functional groups attached to an aromatic ring is 1. The second-order valence-corrected chi connectivity index (χ2v) is 2.92. The lowest BCUT2D eigenvalue weighted by molar-refractivity contribution is -0.653. The predicted molar refractivity (Wildman–Crippen MR) is 47.0 cm³/mol. The summed E-state index contributed by atoms with van der Waals surface area (Å²) in [6, 6.07) is 0. The van der Waals surface area contributed by atoms with E-state index in [1.54, 1.807) is 4.57 Å². The van der Waals surface area contributed by atoms with Crippen LogP contribution in [0.25, 0.3) is 11.2 Å². The highest BCUT2D eigenvalue weighted by Gasteiger charge is 2.16. The second-order valence-electron chi connectivity index (χ2n) is 2.92. The fourth-order valence-corrected chi connectivity index (χ4v) is 1.26. The molecule has 0 saturated carbocycles. The average Bonchev–Trinajstić information content (AvgIpc) is 2.32. The SMILES string of the molecule is Cc1[nH]c2c(=O)[nH]c(N)nc2[n+]1C. The van der Waals surface area contributed by atoms with Crippen molar-refractivity contribution in [2.24, 2.45) is 7.05 Å². The highest BCUT2D eigenvalue weighted by Crippen LogP contribution is 2.00. The number of nitrogens with two attached hydrogens (primary N) is 1. The molecule has 0 atom stereocenters. The molecule has 0 radical (unpaired) electrons. The minimum Gasteiger partial charge on any atom is -0.355 e. The first-order chi connectivity index (χ1) is 6.09. The van der Waals surface area contributed by atoms with E-state index in [1.165, 1.54) is 0 Å². The number of aromatic amines is 2. The van der Waals surface area contributed by atoms with Crippen LogP contribution < -0.4 is 15.9 Å². The van der Waals surface area contributed by atoms with E-state index in [2.05, 4.69) is 15.0 Å². The molecule has 13 heavy (non-hydrogen) atoms. The molecule has 0 unspecified atom stereocenters. The van der Waals surface area contributed by atoms with Crippen LogP contribution in [0.5, 0.6) is 0 Å². The van der Waals surface area contributed by atoms with Crippen molar-refractivity contribution >= 4 is 17.1 Å². The van der Waals surface area contributed by atoms with Crippen LogP contribution in [0.4, 0.5) is 5.95 Å². The van der Waals surface area contributed by atoms with Crippen molar-refractivity contribution in [1.82, 2.24) is 15.0 Å². The van der Waals surface area contributed by atoms with Gasteiger partial charge >= 0.3 is 5.65 Å². The van der Waals surface area contributed by atoms with Gasteiger partial charge in [-0.1, -0.05) is 4.98 Å². The molecule has 2 aromatic rings. The molecule has 0 amide bonds. The van der Waals surface area contributed by atoms with Gasteiger partial charge in [0.15, 0.2) is 5.82 Å². The highest BCUT2D eigenvalue weighted by molar-refractivity contribution is 5.66. The van der Waals surface area contributed by atoms with E-state index in [1.807, 2.05) is 14.0 Å². The molecular formula is C7H10N5O+. The van der Waals surface area contributed by atoms with Crippen LogP contribution in [-0.4, -0.2) is 15.0 Å². The van der Waals surface area contributed by atoms with E-state index in [9.17, 15) is 4.79 Å². The first-order valence-corrected chi connectivity index (χ1v) is 3.83. The molecule has 0 aromatic carbocycles. The summed E-state index contributed by atoms with van der Waals surface area (Å²) in [5, 5.41) is 0. The van der Waals surface area contributed by atoms with Gasteiger partial charge in [0.25, 0.3) is 11.5 Å². The summed E-state index contributed by atoms with van der Waals surface area (Å²) in [5.41, 5.74) is 6.19. The van der Waals surface area contributed by atoms with Gasteiger partial charge in [-0.05, 0) is 0 Å². The largest absolute Gasteiger partial charge is 0.355 e. The van der Waals surface area contributed by atoms with Gasteiger partial charge < -0.3 is 5.73 Å². The predicted octanol–water partition coefficient (Wildman–Crippen LogP) is -1.03. The monoisotopic (exact) mass is 180 g/mol. The van der Waals surface area contributed by atoms with Crippen molar-refractivity contribution in [3.8, 4) is 0 Å². The standard InChI is InChI=1S/C7H9N5O/c1-3-9-4-5(12(3)2)10-7(8)11-6(4)13/h1-2H3,(H3,8,10,11,13)/p+1. The van der Waals surface area contributed by atoms with Gasteiger partial charge in [0, 0.05) is 6.92 Å². The van der Waals surface area contributed by atoms with Crippen molar-refractivity contribution in [2.45, 2.75) is 6.92 Å². The summed E-state index contributed by atoms with van der Waals surface area (Å²) in [6.45, 7) is 1.86. The Balaban J connectivity index is 3.03. The van der Waals surface area contributed by atoms with Crippen molar-refractivity contribution < 1.29 is 4.57 Å². The van der Waals surface area contributed by atoms with Crippen molar-refractivity contribution in [3.05, 3.63) is 16.2 Å². The zero-order valence-electron chi connectivity index (χ0n) is 7.38. The van der Waals surface area contributed by atoms with E-state index in [4.69, 9.17) is 5.73 Å². The van der Waals surface area contributed by atoms with Crippen LogP contribution in [0.15, 0.2) is 4.79 Å². The fourth-order valence-electron chi connectivity index (χ4n) is 1.26. The first kappa shape index (κ1) is 7.78. The van der Waals surface area contributed by atoms with E-state index in [0.29, 0.717) is 11.2 Å². The number of nitrogens with one attached hydrogen (secondary N) is 2. The lowest BCUT2D eigenvalue weighted by Gasteiger charge is -1.87. The number of hydrogen-bond donors (Lipinski definition) is 3. The Labute approximate surface area is 73.4 Å². The molecular weight excluding hydrogens is 170 g/mol. The molecule has 6 nitrogen and oxygen atoms in total. The molecule has 2 heterocycles. The molecule has 68 valence electrons. The van der Waals surface area contributed by atoms with Gasteiger partial charge in [-0.2, -0.15) is 0 Å². The van der Waals surface area contributed by atoms with Crippen molar-refractivity contribution in [2.75, 3.05) is 5.73 Å². The van der Waals surface area contributed by atoms with Crippen LogP contribution >= 0.6 is 0 Å². The third kappa shape index (κ3) is 0.986. The number of nitrogens with zero attached hydrogens (tertiary/aromatic N) is 2. The van der Waals surface area contributed by atoms with Crippen LogP contribution in [0.1, 0.15) is 5.82 Å². The maximum Gasteiger partial charge on any atom is 0.311 e. The average molecular weight is 180 g/mol. The number of fused-ring (bicyclic) bond motifs is 1. The lowest BCUT2D eigenvalue weighted by Crippen LogP contribution is -2.31. The van der Waals surface area contributed by atoms with Crippen LogP contribution in [0.2, 0.25) is 0 Å². The molecule has 4 N–H and O–H groups in total. The number of aryl methyl sites for hydroxylation is 2. The maximum absolute atomic E-state index is 11.3. The van der Waals surface area contributed by atoms with Gasteiger partial charge in [-0.15, -0.1) is 0 Å². The first-order valence-electron chi connectivity index (χ1n) is 3.83. The van der Waals surface area contributed by atoms with E-state index < -0.39 is 0 Å². The Morgan fingerprint density at radius 1 is 1.46 bits per heavy atom. The molecule has 0 spiro atoms. The zero-order chi connectivity index (χ0) is 9.59. The number of rotatable bonds is 0. The molecule has 0 aliphatic carbocycles. The molecule has 2 rings (SSSR count). The summed E-state index contributed by atoms with van der Waals surface area (Å²) >= 11 is 0. The summed E-state index contributed by atoms with van der Waals surface area (Å²) in [6.07, 6.45) is 0. The maximum atomic E-state index is 11.3. The van der Waals surface area contributed by atoms with Gasteiger partial charge in [0.2, 0.25) is 5.52 Å².